The molecule has 1 amide bonds. The van der Waals surface area contributed by atoms with Crippen molar-refractivity contribution in [2.24, 2.45) is 0 Å². The number of amides is 1. The third-order valence-electron chi connectivity index (χ3n) is 3.28. The predicted octanol–water partition coefficient (Wildman–Crippen LogP) is 0.869. The van der Waals surface area contributed by atoms with E-state index < -0.39 is 0 Å². The van der Waals surface area contributed by atoms with Gasteiger partial charge in [0.25, 0.3) is 5.91 Å². The molecule has 4 nitrogen and oxygen atoms in total. The molecule has 21 heavy (non-hydrogen) atoms. The Hall–Kier alpha value is -2.07. The normalized spacial score (nSPS) is 10.8. The first-order chi connectivity index (χ1) is 10.2. The molecule has 4 heteroatoms. The summed E-state index contributed by atoms with van der Waals surface area (Å²) in [7, 11) is 4.21. The first-order valence-corrected chi connectivity index (χ1v) is 7.33. The average molecular weight is 287 g/mol. The molecule has 0 saturated heterocycles. The highest BCUT2D eigenvalue weighted by atomic mass is 16.5. The lowest BCUT2D eigenvalue weighted by atomic mass is 10.1. The van der Waals surface area contributed by atoms with E-state index in [0.29, 0.717) is 6.54 Å². The molecule has 0 aliphatic carbocycles. The molecule has 0 heterocycles. The Balaban J connectivity index is 1.83. The van der Waals surface area contributed by atoms with Gasteiger partial charge in [0.2, 0.25) is 0 Å². The molecule has 0 saturated carbocycles. The average Bonchev–Trinajstić information content (AvgIpc) is 2.49. The summed E-state index contributed by atoms with van der Waals surface area (Å²) in [5, 5.41) is 5.03. The summed E-state index contributed by atoms with van der Waals surface area (Å²) in [5.41, 5.74) is 0. The van der Waals surface area contributed by atoms with Crippen LogP contribution in [0.2, 0.25) is 0 Å². The smallest absolute Gasteiger partial charge is 0.257 e. The van der Waals surface area contributed by atoms with Gasteiger partial charge in [-0.25, -0.2) is 0 Å². The van der Waals surface area contributed by atoms with Crippen molar-refractivity contribution in [3.63, 3.8) is 0 Å². The molecule has 0 aromatic heterocycles. The molecule has 0 spiro atoms. The zero-order valence-electron chi connectivity index (χ0n) is 12.7. The summed E-state index contributed by atoms with van der Waals surface area (Å²) >= 11 is 0. The fourth-order valence-electron chi connectivity index (χ4n) is 2.19. The van der Waals surface area contributed by atoms with Crippen molar-refractivity contribution in [2.75, 3.05) is 33.8 Å². The minimum Gasteiger partial charge on any atom is -0.483 e. The predicted molar refractivity (Wildman–Crippen MR) is 84.7 cm³/mol. The number of nitrogens with one attached hydrogen (secondary N) is 2. The first kappa shape index (κ1) is 15.3. The molecule has 2 aromatic carbocycles. The van der Waals surface area contributed by atoms with Crippen LogP contribution in [0.25, 0.3) is 10.8 Å². The van der Waals surface area contributed by atoms with E-state index >= 15 is 0 Å². The minimum absolute atomic E-state index is 0.0584. The lowest BCUT2D eigenvalue weighted by Gasteiger charge is -2.10. The van der Waals surface area contributed by atoms with Crippen LogP contribution in [-0.4, -0.2) is 39.7 Å². The Morgan fingerprint density at radius 3 is 2.71 bits per heavy atom. The molecule has 0 radical (unpaired) electrons. The van der Waals surface area contributed by atoms with E-state index in [1.807, 2.05) is 42.5 Å². The Labute approximate surface area is 125 Å². The Bertz CT molecular complexity index is 591. The summed E-state index contributed by atoms with van der Waals surface area (Å²) in [4.78, 5) is 13.1. The molecule has 0 bridgehead atoms. The molecule has 0 aliphatic heterocycles. The van der Waals surface area contributed by atoms with Gasteiger partial charge in [-0.15, -0.1) is 0 Å². The van der Waals surface area contributed by atoms with Crippen LogP contribution >= 0.6 is 0 Å². The molecule has 0 unspecified atom stereocenters. The zero-order valence-corrected chi connectivity index (χ0v) is 12.7. The van der Waals surface area contributed by atoms with Crippen LogP contribution in [0.1, 0.15) is 6.42 Å². The molecule has 2 N–H and O–H groups in total. The van der Waals surface area contributed by atoms with Crippen molar-refractivity contribution in [2.45, 2.75) is 6.42 Å². The van der Waals surface area contributed by atoms with E-state index in [9.17, 15) is 4.79 Å². The van der Waals surface area contributed by atoms with Crippen molar-refractivity contribution >= 4 is 16.7 Å². The second-order valence-electron chi connectivity index (χ2n) is 5.43. The molecule has 112 valence electrons. The fourth-order valence-corrected chi connectivity index (χ4v) is 2.19. The van der Waals surface area contributed by atoms with Crippen LogP contribution in [0.4, 0.5) is 0 Å². The van der Waals surface area contributed by atoms with E-state index in [4.69, 9.17) is 4.74 Å². The second-order valence-corrected chi connectivity index (χ2v) is 5.43. The minimum atomic E-state index is -0.0725. The van der Waals surface area contributed by atoms with Gasteiger partial charge in [-0.3, -0.25) is 4.79 Å². The van der Waals surface area contributed by atoms with Crippen molar-refractivity contribution in [3.8, 4) is 5.75 Å². The van der Waals surface area contributed by atoms with Crippen molar-refractivity contribution in [1.29, 1.82) is 0 Å². The number of benzene rings is 2. The maximum Gasteiger partial charge on any atom is 0.257 e. The van der Waals surface area contributed by atoms with Crippen LogP contribution in [0, 0.1) is 0 Å². The summed E-state index contributed by atoms with van der Waals surface area (Å²) in [6, 6.07) is 13.9. The fraction of sp³-hybridized carbons (Fsp3) is 0.353. The number of carbonyl (C=O) groups is 1. The van der Waals surface area contributed by atoms with Crippen LogP contribution < -0.4 is 15.0 Å². The zero-order chi connectivity index (χ0) is 15.1. The topological polar surface area (TPSA) is 42.8 Å². The van der Waals surface area contributed by atoms with E-state index in [-0.39, 0.29) is 12.5 Å². The summed E-state index contributed by atoms with van der Waals surface area (Å²) in [5.74, 6) is 0.678. The van der Waals surface area contributed by atoms with Crippen LogP contribution in [-0.2, 0) is 4.79 Å². The van der Waals surface area contributed by atoms with Gasteiger partial charge in [0.1, 0.15) is 5.75 Å². The number of fused-ring (bicyclic) bond motifs is 1. The maximum absolute atomic E-state index is 11.8. The van der Waals surface area contributed by atoms with Gasteiger partial charge in [-0.05, 0) is 11.5 Å². The largest absolute Gasteiger partial charge is 0.483 e. The van der Waals surface area contributed by atoms with Crippen molar-refractivity contribution in [3.05, 3.63) is 42.5 Å². The molecule has 0 aliphatic rings. The highest BCUT2D eigenvalue weighted by Crippen LogP contribution is 2.24. The maximum atomic E-state index is 11.8. The van der Waals surface area contributed by atoms with Gasteiger partial charge in [0, 0.05) is 18.4 Å². The molecule has 2 rings (SSSR count). The van der Waals surface area contributed by atoms with Gasteiger partial charge in [-0.2, -0.15) is 0 Å². The third-order valence-corrected chi connectivity index (χ3v) is 3.28. The third kappa shape index (κ3) is 4.76. The van der Waals surface area contributed by atoms with Crippen LogP contribution in [0.5, 0.6) is 5.75 Å². The molecular weight excluding hydrogens is 264 g/mol. The number of rotatable bonds is 7. The van der Waals surface area contributed by atoms with Gasteiger partial charge < -0.3 is 15.0 Å². The highest BCUT2D eigenvalue weighted by molar-refractivity contribution is 5.88. The SMILES string of the molecule is C[NH+](C)CCCNC(=O)COc1cccc2ccccc12. The Morgan fingerprint density at radius 1 is 1.14 bits per heavy atom. The van der Waals surface area contributed by atoms with Gasteiger partial charge in [0.15, 0.2) is 6.61 Å². The number of carbonyl (C=O) groups excluding carboxylic acids is 1. The van der Waals surface area contributed by atoms with Gasteiger partial charge >= 0.3 is 0 Å². The van der Waals surface area contributed by atoms with E-state index in [0.717, 1.165) is 29.5 Å². The molecule has 0 atom stereocenters. The first-order valence-electron chi connectivity index (χ1n) is 7.33. The Morgan fingerprint density at radius 2 is 1.90 bits per heavy atom. The van der Waals surface area contributed by atoms with E-state index in [1.165, 1.54) is 4.90 Å². The van der Waals surface area contributed by atoms with Gasteiger partial charge in [0.05, 0.1) is 20.6 Å². The standard InChI is InChI=1S/C17H22N2O2/c1-19(2)12-6-11-18-17(20)13-21-16-10-5-8-14-7-3-4-9-15(14)16/h3-5,7-10H,6,11-13H2,1-2H3,(H,18,20)/p+1. The van der Waals surface area contributed by atoms with Gasteiger partial charge in [-0.1, -0.05) is 36.4 Å². The molecule has 0 fully saturated rings. The Kier molecular flexibility index (Phi) is 5.58. The summed E-state index contributed by atoms with van der Waals surface area (Å²) in [6.07, 6.45) is 0.975. The monoisotopic (exact) mass is 287 g/mol. The molecular formula is C17H23N2O2+. The second kappa shape index (κ2) is 7.64. The summed E-state index contributed by atoms with van der Waals surface area (Å²) < 4.78 is 5.64. The van der Waals surface area contributed by atoms with E-state index in [2.05, 4.69) is 19.4 Å². The number of hydrogen-bond donors (Lipinski definition) is 2. The van der Waals surface area contributed by atoms with Crippen LogP contribution in [0.3, 0.4) is 0 Å². The van der Waals surface area contributed by atoms with Crippen LogP contribution in [0.15, 0.2) is 42.5 Å². The number of hydrogen-bond acceptors (Lipinski definition) is 2. The molecule has 2 aromatic rings. The number of ether oxygens (including phenoxy) is 1. The lowest BCUT2D eigenvalue weighted by Crippen LogP contribution is -3.05. The highest BCUT2D eigenvalue weighted by Gasteiger charge is 2.05. The van der Waals surface area contributed by atoms with E-state index in [1.54, 1.807) is 0 Å². The quantitative estimate of drug-likeness (QED) is 0.742. The summed E-state index contributed by atoms with van der Waals surface area (Å²) in [6.45, 7) is 1.80. The van der Waals surface area contributed by atoms with Crippen molar-refractivity contribution in [1.82, 2.24) is 5.32 Å². The van der Waals surface area contributed by atoms with Crippen molar-refractivity contribution < 1.29 is 14.4 Å². The lowest BCUT2D eigenvalue weighted by molar-refractivity contribution is -0.858. The number of quaternary nitrogens is 1.